The van der Waals surface area contributed by atoms with Gasteiger partial charge in [0.2, 0.25) is 15.8 Å². The molecule has 1 aromatic heterocycles. The Bertz CT molecular complexity index is 1180. The van der Waals surface area contributed by atoms with Crippen LogP contribution in [0.4, 0.5) is 5.69 Å². The van der Waals surface area contributed by atoms with E-state index in [9.17, 15) is 13.2 Å². The second-order valence-corrected chi connectivity index (χ2v) is 8.13. The molecular formula is C18H17ClN4O5S. The van der Waals surface area contributed by atoms with E-state index in [4.69, 9.17) is 26.0 Å². The summed E-state index contributed by atoms with van der Waals surface area (Å²) in [7, 11) is -3.91. The van der Waals surface area contributed by atoms with Crippen LogP contribution in [0.3, 0.4) is 0 Å². The van der Waals surface area contributed by atoms with E-state index < -0.39 is 22.5 Å². The highest BCUT2D eigenvalue weighted by atomic mass is 35.5. The molecule has 0 saturated carbocycles. The lowest BCUT2D eigenvalue weighted by atomic mass is 10.1. The minimum Gasteiger partial charge on any atom is -0.439 e. The molecule has 152 valence electrons. The number of amides is 1. The molecule has 0 fully saturated rings. The second kappa shape index (κ2) is 8.19. The normalized spacial score (nSPS) is 11.3. The van der Waals surface area contributed by atoms with Crippen LogP contribution in [0.1, 0.15) is 11.1 Å². The maximum Gasteiger partial charge on any atom is 0.418 e. The summed E-state index contributed by atoms with van der Waals surface area (Å²) in [6.45, 7) is 3.03. The number of nitrogens with two attached hydrogens (primary N) is 1. The lowest BCUT2D eigenvalue weighted by Crippen LogP contribution is -2.21. The van der Waals surface area contributed by atoms with E-state index >= 15 is 0 Å². The molecule has 0 aliphatic heterocycles. The van der Waals surface area contributed by atoms with Gasteiger partial charge in [-0.3, -0.25) is 9.32 Å². The maximum absolute atomic E-state index is 12.2. The van der Waals surface area contributed by atoms with Crippen molar-refractivity contribution >= 4 is 33.2 Å². The number of hydrogen-bond acceptors (Lipinski definition) is 7. The summed E-state index contributed by atoms with van der Waals surface area (Å²) in [6, 6.07) is 9.66. The molecule has 11 heteroatoms. The van der Waals surface area contributed by atoms with E-state index in [1.54, 1.807) is 38.1 Å². The van der Waals surface area contributed by atoms with Gasteiger partial charge < -0.3 is 10.1 Å². The maximum atomic E-state index is 12.2. The molecule has 3 aromatic rings. The van der Waals surface area contributed by atoms with Gasteiger partial charge in [-0.05, 0) is 49.2 Å². The number of aryl methyl sites for hydroxylation is 1. The van der Waals surface area contributed by atoms with Crippen LogP contribution < -0.4 is 15.2 Å². The number of benzene rings is 2. The Morgan fingerprint density at radius 1 is 1.28 bits per heavy atom. The third kappa shape index (κ3) is 4.91. The molecule has 1 amide bonds. The summed E-state index contributed by atoms with van der Waals surface area (Å²) in [4.78, 5) is 16.2. The summed E-state index contributed by atoms with van der Waals surface area (Å²) in [6.07, 6.45) is -0.207. The second-order valence-electron chi connectivity index (χ2n) is 6.16. The van der Waals surface area contributed by atoms with Crippen molar-refractivity contribution in [2.24, 2.45) is 5.14 Å². The zero-order chi connectivity index (χ0) is 21.2. The van der Waals surface area contributed by atoms with Crippen LogP contribution in [0.2, 0.25) is 5.02 Å². The highest BCUT2D eigenvalue weighted by molar-refractivity contribution is 7.89. The van der Waals surface area contributed by atoms with Gasteiger partial charge >= 0.3 is 6.08 Å². The molecule has 0 aliphatic carbocycles. The monoisotopic (exact) mass is 436 g/mol. The molecule has 0 spiro atoms. The van der Waals surface area contributed by atoms with Gasteiger partial charge in [-0.2, -0.15) is 4.98 Å². The quantitative estimate of drug-likeness (QED) is 0.605. The van der Waals surface area contributed by atoms with Crippen molar-refractivity contribution < 1.29 is 22.5 Å². The van der Waals surface area contributed by atoms with Gasteiger partial charge in [0, 0.05) is 11.3 Å². The van der Waals surface area contributed by atoms with Crippen LogP contribution in [0.15, 0.2) is 45.8 Å². The molecule has 0 atom stereocenters. The van der Waals surface area contributed by atoms with Crippen molar-refractivity contribution in [2.75, 3.05) is 11.9 Å². The number of ether oxygens (including phenoxy) is 1. The molecule has 2 aromatic carbocycles. The number of rotatable bonds is 6. The zero-order valence-electron chi connectivity index (χ0n) is 15.5. The number of hydrogen-bond donors (Lipinski definition) is 2. The standard InChI is InChI=1S/C18H17ClN4O5S/c1-10-7-12(29(20,25)26)8-15(11(10)2)21-16(24)9-27-18-22-17(23-28-18)13-5-3-4-6-14(13)19/h3-8H,9H2,1-2H3,(H,21,24)(H2,20,25,26). The number of nitrogens with zero attached hydrogens (tertiary/aromatic N) is 2. The summed E-state index contributed by atoms with van der Waals surface area (Å²) in [5.41, 5.74) is 2.23. The van der Waals surface area contributed by atoms with E-state index in [2.05, 4.69) is 15.5 Å². The number of primary sulfonamides is 1. The summed E-state index contributed by atoms with van der Waals surface area (Å²) < 4.78 is 33.4. The zero-order valence-corrected chi connectivity index (χ0v) is 17.0. The summed E-state index contributed by atoms with van der Waals surface area (Å²) in [5.74, 6) is -0.324. The molecule has 9 nitrogen and oxygen atoms in total. The number of nitrogens with one attached hydrogen (secondary N) is 1. The predicted octanol–water partition coefficient (Wildman–Crippen LogP) is 2.67. The first kappa shape index (κ1) is 20.8. The topological polar surface area (TPSA) is 137 Å². The number of halogens is 1. The number of carbonyl (C=O) groups excluding carboxylic acids is 1. The van der Waals surface area contributed by atoms with Gasteiger partial charge in [-0.1, -0.05) is 28.9 Å². The highest BCUT2D eigenvalue weighted by Crippen LogP contribution is 2.26. The van der Waals surface area contributed by atoms with Crippen molar-refractivity contribution in [2.45, 2.75) is 18.7 Å². The van der Waals surface area contributed by atoms with Crippen molar-refractivity contribution in [1.82, 2.24) is 10.1 Å². The number of anilines is 1. The number of sulfonamides is 1. The molecule has 0 aliphatic rings. The van der Waals surface area contributed by atoms with E-state index in [1.165, 1.54) is 12.1 Å². The molecule has 0 saturated heterocycles. The van der Waals surface area contributed by atoms with Gasteiger partial charge in [0.05, 0.1) is 9.92 Å². The van der Waals surface area contributed by atoms with Crippen LogP contribution >= 0.6 is 11.6 Å². The Labute approximate surface area is 171 Å². The Hall–Kier alpha value is -2.95. The molecular weight excluding hydrogens is 420 g/mol. The van der Waals surface area contributed by atoms with Crippen LogP contribution in [0.5, 0.6) is 6.08 Å². The first-order valence-electron chi connectivity index (χ1n) is 8.30. The van der Waals surface area contributed by atoms with Crippen LogP contribution in [0.25, 0.3) is 11.4 Å². The highest BCUT2D eigenvalue weighted by Gasteiger charge is 2.16. The fourth-order valence-electron chi connectivity index (χ4n) is 2.45. The Kier molecular flexibility index (Phi) is 5.87. The van der Waals surface area contributed by atoms with Gasteiger partial charge in [0.25, 0.3) is 5.91 Å². The molecule has 0 bridgehead atoms. The van der Waals surface area contributed by atoms with E-state index in [1.807, 2.05) is 0 Å². The number of carbonyl (C=O) groups is 1. The van der Waals surface area contributed by atoms with E-state index in [-0.39, 0.29) is 16.8 Å². The fourth-order valence-corrected chi connectivity index (χ4v) is 3.30. The smallest absolute Gasteiger partial charge is 0.418 e. The SMILES string of the molecule is Cc1cc(S(N)(=O)=O)cc(NC(=O)COc2nc(-c3ccccc3Cl)no2)c1C. The molecule has 0 radical (unpaired) electrons. The van der Waals surface area contributed by atoms with Crippen molar-refractivity contribution in [3.8, 4) is 17.5 Å². The van der Waals surface area contributed by atoms with Crippen molar-refractivity contribution in [3.63, 3.8) is 0 Å². The third-order valence-corrected chi connectivity index (χ3v) is 5.31. The van der Waals surface area contributed by atoms with Gasteiger partial charge in [0.1, 0.15) is 0 Å². The molecule has 1 heterocycles. The molecule has 3 N–H and O–H groups in total. The first-order valence-corrected chi connectivity index (χ1v) is 10.2. The lowest BCUT2D eigenvalue weighted by molar-refractivity contribution is -0.118. The van der Waals surface area contributed by atoms with E-state index in [0.717, 1.165) is 0 Å². The average molecular weight is 437 g/mol. The summed E-state index contributed by atoms with van der Waals surface area (Å²) in [5, 5.41) is 12.0. The van der Waals surface area contributed by atoms with Gasteiger partial charge in [-0.15, -0.1) is 0 Å². The Morgan fingerprint density at radius 3 is 2.69 bits per heavy atom. The predicted molar refractivity (Wildman–Crippen MR) is 106 cm³/mol. The van der Waals surface area contributed by atoms with Crippen LogP contribution in [0, 0.1) is 13.8 Å². The van der Waals surface area contributed by atoms with Crippen LogP contribution in [-0.4, -0.2) is 31.1 Å². The number of aromatic nitrogens is 2. The summed E-state index contributed by atoms with van der Waals surface area (Å²) >= 11 is 6.08. The fraction of sp³-hybridized carbons (Fsp3) is 0.167. The molecule has 0 unspecified atom stereocenters. The van der Waals surface area contributed by atoms with Gasteiger partial charge in [0.15, 0.2) is 6.61 Å². The lowest BCUT2D eigenvalue weighted by Gasteiger charge is -2.12. The minimum atomic E-state index is -3.91. The largest absolute Gasteiger partial charge is 0.439 e. The van der Waals surface area contributed by atoms with Gasteiger partial charge in [-0.25, -0.2) is 13.6 Å². The molecule has 3 rings (SSSR count). The van der Waals surface area contributed by atoms with Crippen molar-refractivity contribution in [1.29, 1.82) is 0 Å². The van der Waals surface area contributed by atoms with E-state index in [0.29, 0.717) is 27.4 Å². The third-order valence-electron chi connectivity index (χ3n) is 4.09. The van der Waals surface area contributed by atoms with Crippen molar-refractivity contribution in [3.05, 3.63) is 52.5 Å². The van der Waals surface area contributed by atoms with Crippen LogP contribution in [-0.2, 0) is 14.8 Å². The first-order chi connectivity index (χ1) is 13.6. The average Bonchev–Trinajstić information content (AvgIpc) is 3.12. The molecule has 29 heavy (non-hydrogen) atoms. The Balaban J connectivity index is 1.68. The Morgan fingerprint density at radius 2 is 2.00 bits per heavy atom. The minimum absolute atomic E-state index is 0.0990.